The summed E-state index contributed by atoms with van der Waals surface area (Å²) in [6.07, 6.45) is 6.73. The third-order valence-electron chi connectivity index (χ3n) is 4.64. The van der Waals surface area contributed by atoms with Crippen molar-refractivity contribution in [3.05, 3.63) is 24.2 Å². The lowest BCUT2D eigenvalue weighted by Crippen LogP contribution is -2.53. The first-order valence-corrected chi connectivity index (χ1v) is 7.43. The zero-order valence-corrected chi connectivity index (χ0v) is 12.4. The number of hydrogen-bond donors (Lipinski definition) is 2. The number of nitrogens with zero attached hydrogens (tertiary/aromatic N) is 4. The van der Waals surface area contributed by atoms with Crippen LogP contribution >= 0.6 is 0 Å². The van der Waals surface area contributed by atoms with Crippen LogP contribution in [0.4, 0.5) is 4.79 Å². The Morgan fingerprint density at radius 3 is 2.82 bits per heavy atom. The monoisotopic (exact) mass is 302 g/mol. The number of imidazole rings is 1. The lowest BCUT2D eigenvalue weighted by atomic mass is 9.88. The van der Waals surface area contributed by atoms with Crippen LogP contribution in [0.2, 0.25) is 0 Å². The predicted molar refractivity (Wildman–Crippen MR) is 78.1 cm³/mol. The van der Waals surface area contributed by atoms with Gasteiger partial charge in [0, 0.05) is 25.0 Å². The lowest BCUT2D eigenvalue weighted by molar-refractivity contribution is -0.132. The molecule has 0 atom stereocenters. The largest absolute Gasteiger partial charge is 0.334 e. The molecule has 0 radical (unpaired) electrons. The Kier molecular flexibility index (Phi) is 2.77. The third kappa shape index (κ3) is 1.77. The number of hydrogen-bond acceptors (Lipinski definition) is 4. The molecule has 4 heterocycles. The first-order valence-electron chi connectivity index (χ1n) is 7.43. The van der Waals surface area contributed by atoms with E-state index in [1.807, 2.05) is 24.0 Å². The molecule has 0 aliphatic carbocycles. The molecule has 2 aromatic heterocycles. The predicted octanol–water partition coefficient (Wildman–Crippen LogP) is -0.153. The van der Waals surface area contributed by atoms with Gasteiger partial charge in [-0.1, -0.05) is 0 Å². The number of aromatic nitrogens is 3. The number of imide groups is 1. The molecule has 2 aliphatic heterocycles. The summed E-state index contributed by atoms with van der Waals surface area (Å²) in [7, 11) is 1.92. The van der Waals surface area contributed by atoms with Gasteiger partial charge in [-0.2, -0.15) is 5.10 Å². The average Bonchev–Trinajstić information content (AvgIpc) is 3.14. The maximum atomic E-state index is 12.8. The highest BCUT2D eigenvalue weighted by Crippen LogP contribution is 2.28. The zero-order chi connectivity index (χ0) is 15.3. The number of nitrogens with one attached hydrogen (secondary N) is 2. The minimum absolute atomic E-state index is 0.118. The van der Waals surface area contributed by atoms with Crippen molar-refractivity contribution in [2.45, 2.75) is 24.9 Å². The molecule has 4 rings (SSSR count). The molecule has 2 aliphatic rings. The van der Waals surface area contributed by atoms with Gasteiger partial charge in [0.15, 0.2) is 0 Å². The van der Waals surface area contributed by atoms with Gasteiger partial charge in [0.05, 0.1) is 12.7 Å². The van der Waals surface area contributed by atoms with Crippen LogP contribution in [-0.2, 0) is 18.4 Å². The fraction of sp³-hybridized carbons (Fsp3) is 0.500. The molecule has 2 aromatic rings. The van der Waals surface area contributed by atoms with E-state index in [1.165, 1.54) is 4.90 Å². The van der Waals surface area contributed by atoms with Gasteiger partial charge in [0.1, 0.15) is 11.2 Å². The fourth-order valence-corrected chi connectivity index (χ4v) is 3.42. The number of carbonyl (C=O) groups is 2. The molecule has 8 heteroatoms. The lowest BCUT2D eigenvalue weighted by Gasteiger charge is -2.31. The standard InChI is InChI=1S/C14H18N6O2/c1-18-6-7-20-11(18)10(8-16-20)9-19-12(21)14(17-13(19)22)2-4-15-5-3-14/h6-8,15H,2-5,9H2,1H3,(H,17,22). The minimum atomic E-state index is -0.719. The van der Waals surface area contributed by atoms with E-state index in [0.29, 0.717) is 12.8 Å². The van der Waals surface area contributed by atoms with E-state index in [4.69, 9.17) is 0 Å². The Labute approximate surface area is 127 Å². The number of rotatable bonds is 2. The second-order valence-electron chi connectivity index (χ2n) is 6.00. The first-order chi connectivity index (χ1) is 10.6. The van der Waals surface area contributed by atoms with E-state index in [1.54, 1.807) is 10.7 Å². The molecule has 22 heavy (non-hydrogen) atoms. The second-order valence-corrected chi connectivity index (χ2v) is 6.00. The van der Waals surface area contributed by atoms with Gasteiger partial charge >= 0.3 is 6.03 Å². The van der Waals surface area contributed by atoms with E-state index in [0.717, 1.165) is 24.3 Å². The Morgan fingerprint density at radius 1 is 1.27 bits per heavy atom. The summed E-state index contributed by atoms with van der Waals surface area (Å²) in [5.41, 5.74) is 1.04. The zero-order valence-electron chi connectivity index (χ0n) is 12.4. The van der Waals surface area contributed by atoms with Gasteiger partial charge in [-0.15, -0.1) is 0 Å². The highest BCUT2D eigenvalue weighted by atomic mass is 16.2. The molecule has 0 aromatic carbocycles. The Morgan fingerprint density at radius 2 is 2.05 bits per heavy atom. The van der Waals surface area contributed by atoms with Gasteiger partial charge in [-0.3, -0.25) is 9.69 Å². The summed E-state index contributed by atoms with van der Waals surface area (Å²) in [5, 5.41) is 10.4. The number of piperidine rings is 1. The normalized spacial score (nSPS) is 21.0. The Bertz CT molecular complexity index is 755. The number of amides is 3. The van der Waals surface area contributed by atoms with Gasteiger partial charge in [0.2, 0.25) is 0 Å². The van der Waals surface area contributed by atoms with Crippen molar-refractivity contribution in [2.75, 3.05) is 13.1 Å². The summed E-state index contributed by atoms with van der Waals surface area (Å²) in [6, 6.07) is -0.305. The fourth-order valence-electron chi connectivity index (χ4n) is 3.42. The van der Waals surface area contributed by atoms with Crippen LogP contribution in [0, 0.1) is 0 Å². The summed E-state index contributed by atoms with van der Waals surface area (Å²) < 4.78 is 3.68. The van der Waals surface area contributed by atoms with Crippen molar-refractivity contribution in [3.63, 3.8) is 0 Å². The topological polar surface area (TPSA) is 83.7 Å². The molecule has 2 N–H and O–H groups in total. The van der Waals surface area contributed by atoms with E-state index < -0.39 is 5.54 Å². The minimum Gasteiger partial charge on any atom is -0.334 e. The van der Waals surface area contributed by atoms with Crippen LogP contribution in [0.5, 0.6) is 0 Å². The van der Waals surface area contributed by atoms with Crippen molar-refractivity contribution in [1.82, 2.24) is 29.7 Å². The summed E-state index contributed by atoms with van der Waals surface area (Å²) in [6.45, 7) is 1.74. The van der Waals surface area contributed by atoms with Gasteiger partial charge in [-0.25, -0.2) is 9.31 Å². The van der Waals surface area contributed by atoms with Crippen molar-refractivity contribution in [2.24, 2.45) is 7.05 Å². The van der Waals surface area contributed by atoms with Crippen LogP contribution in [-0.4, -0.2) is 49.6 Å². The molecule has 1 spiro atoms. The molecule has 3 amide bonds. The van der Waals surface area contributed by atoms with Gasteiger partial charge in [-0.05, 0) is 25.9 Å². The van der Waals surface area contributed by atoms with Crippen molar-refractivity contribution in [1.29, 1.82) is 0 Å². The van der Waals surface area contributed by atoms with Gasteiger partial charge < -0.3 is 15.2 Å². The van der Waals surface area contributed by atoms with Crippen LogP contribution in [0.3, 0.4) is 0 Å². The Hall–Kier alpha value is -2.35. The summed E-state index contributed by atoms with van der Waals surface area (Å²) in [4.78, 5) is 26.4. The molecular weight excluding hydrogens is 284 g/mol. The number of aryl methyl sites for hydroxylation is 1. The highest BCUT2D eigenvalue weighted by Gasteiger charge is 2.51. The van der Waals surface area contributed by atoms with E-state index in [2.05, 4.69) is 15.7 Å². The van der Waals surface area contributed by atoms with Crippen molar-refractivity contribution < 1.29 is 9.59 Å². The SMILES string of the molecule is Cn1ccn2ncc(CN3C(=O)NC4(CCNCC4)C3=O)c12. The number of carbonyl (C=O) groups excluding carboxylic acids is 2. The maximum absolute atomic E-state index is 12.8. The molecule has 0 unspecified atom stereocenters. The maximum Gasteiger partial charge on any atom is 0.325 e. The molecule has 0 bridgehead atoms. The molecule has 116 valence electrons. The van der Waals surface area contributed by atoms with Gasteiger partial charge in [0.25, 0.3) is 5.91 Å². The van der Waals surface area contributed by atoms with Crippen LogP contribution < -0.4 is 10.6 Å². The Balaban J connectivity index is 1.64. The molecule has 2 fully saturated rings. The molecule has 8 nitrogen and oxygen atoms in total. The molecule has 0 saturated carbocycles. The van der Waals surface area contributed by atoms with Crippen LogP contribution in [0.1, 0.15) is 18.4 Å². The van der Waals surface area contributed by atoms with Crippen molar-refractivity contribution >= 4 is 17.6 Å². The smallest absolute Gasteiger partial charge is 0.325 e. The summed E-state index contributed by atoms with van der Waals surface area (Å²) in [5.74, 6) is -0.118. The number of urea groups is 1. The van der Waals surface area contributed by atoms with E-state index in [-0.39, 0.29) is 18.5 Å². The third-order valence-corrected chi connectivity index (χ3v) is 4.64. The average molecular weight is 302 g/mol. The van der Waals surface area contributed by atoms with E-state index >= 15 is 0 Å². The molecule has 2 saturated heterocycles. The van der Waals surface area contributed by atoms with Crippen LogP contribution in [0.15, 0.2) is 18.6 Å². The van der Waals surface area contributed by atoms with E-state index in [9.17, 15) is 9.59 Å². The van der Waals surface area contributed by atoms with Crippen molar-refractivity contribution in [3.8, 4) is 0 Å². The summed E-state index contributed by atoms with van der Waals surface area (Å²) >= 11 is 0. The number of fused-ring (bicyclic) bond motifs is 1. The quantitative estimate of drug-likeness (QED) is 0.756. The molecular formula is C14H18N6O2. The first kappa shape index (κ1) is 13.3. The second kappa shape index (κ2) is 4.57. The highest BCUT2D eigenvalue weighted by molar-refractivity contribution is 6.07. The van der Waals surface area contributed by atoms with Crippen LogP contribution in [0.25, 0.3) is 5.65 Å².